The fraction of sp³-hybridized carbons (Fsp3) is 0.240. The van der Waals surface area contributed by atoms with E-state index in [1.54, 1.807) is 17.1 Å². The van der Waals surface area contributed by atoms with Gasteiger partial charge in [-0.2, -0.15) is 0 Å². The summed E-state index contributed by atoms with van der Waals surface area (Å²) in [6.07, 6.45) is 4.47. The first-order valence-electron chi connectivity index (χ1n) is 10.4. The van der Waals surface area contributed by atoms with E-state index in [4.69, 9.17) is 0 Å². The van der Waals surface area contributed by atoms with E-state index in [1.807, 2.05) is 59.2 Å². The van der Waals surface area contributed by atoms with Gasteiger partial charge in [0.25, 0.3) is 0 Å². The Kier molecular flexibility index (Phi) is 7.76. The second-order valence-electron chi connectivity index (χ2n) is 7.24. The number of carbonyl (C=O) groups excluding carboxylic acids is 2. The summed E-state index contributed by atoms with van der Waals surface area (Å²) in [4.78, 5) is 31.6. The van der Waals surface area contributed by atoms with Crippen LogP contribution in [0.4, 0.5) is 0 Å². The molecule has 0 aliphatic rings. The van der Waals surface area contributed by atoms with Crippen molar-refractivity contribution in [2.75, 3.05) is 13.1 Å². The standard InChI is InChI=1S/C25H28N4O2/c1-3-16-28(17-4-2)25(31)19-29-22-13-9-8-12-21(22)27-23(29)18-26-24(30)15-14-20-10-6-5-7-11-20/h3-13H,1-2,14-19H2,(H,26,30). The molecule has 6 heteroatoms. The summed E-state index contributed by atoms with van der Waals surface area (Å²) in [5.74, 6) is 0.549. The lowest BCUT2D eigenvalue weighted by atomic mass is 10.1. The van der Waals surface area contributed by atoms with Crippen LogP contribution in [0, 0.1) is 0 Å². The molecule has 0 unspecified atom stereocenters. The molecule has 2 amide bonds. The number of hydrogen-bond donors (Lipinski definition) is 1. The van der Waals surface area contributed by atoms with Gasteiger partial charge in [0, 0.05) is 19.5 Å². The van der Waals surface area contributed by atoms with Gasteiger partial charge < -0.3 is 14.8 Å². The highest BCUT2D eigenvalue weighted by molar-refractivity contribution is 5.81. The van der Waals surface area contributed by atoms with Gasteiger partial charge in [-0.25, -0.2) is 4.98 Å². The van der Waals surface area contributed by atoms with Crippen molar-refractivity contribution in [1.82, 2.24) is 19.8 Å². The van der Waals surface area contributed by atoms with Crippen LogP contribution in [0.15, 0.2) is 79.9 Å². The molecule has 0 aliphatic carbocycles. The number of amides is 2. The van der Waals surface area contributed by atoms with E-state index in [1.165, 1.54) is 0 Å². The van der Waals surface area contributed by atoms with Crippen LogP contribution in [0.3, 0.4) is 0 Å². The number of benzene rings is 2. The van der Waals surface area contributed by atoms with E-state index in [9.17, 15) is 9.59 Å². The second-order valence-corrected chi connectivity index (χ2v) is 7.24. The molecule has 2 aromatic carbocycles. The Morgan fingerprint density at radius 2 is 1.68 bits per heavy atom. The quantitative estimate of drug-likeness (QED) is 0.487. The molecule has 0 fully saturated rings. The number of hydrogen-bond acceptors (Lipinski definition) is 3. The molecule has 0 bridgehead atoms. The van der Waals surface area contributed by atoms with Crippen molar-refractivity contribution < 1.29 is 9.59 Å². The van der Waals surface area contributed by atoms with Crippen LogP contribution in [-0.2, 0) is 29.1 Å². The molecule has 0 radical (unpaired) electrons. The Morgan fingerprint density at radius 1 is 1.00 bits per heavy atom. The summed E-state index contributed by atoms with van der Waals surface area (Å²) in [6.45, 7) is 8.74. The van der Waals surface area contributed by atoms with E-state index in [0.717, 1.165) is 16.6 Å². The minimum absolute atomic E-state index is 0.0475. The predicted molar refractivity (Wildman–Crippen MR) is 123 cm³/mol. The van der Waals surface area contributed by atoms with Crippen molar-refractivity contribution in [1.29, 1.82) is 0 Å². The monoisotopic (exact) mass is 416 g/mol. The highest BCUT2D eigenvalue weighted by Crippen LogP contribution is 2.16. The van der Waals surface area contributed by atoms with Gasteiger partial charge in [-0.1, -0.05) is 54.6 Å². The highest BCUT2D eigenvalue weighted by atomic mass is 16.2. The number of aryl methyl sites for hydroxylation is 1. The molecule has 160 valence electrons. The van der Waals surface area contributed by atoms with Gasteiger partial charge in [0.1, 0.15) is 12.4 Å². The smallest absolute Gasteiger partial charge is 0.243 e. The average Bonchev–Trinajstić information content (AvgIpc) is 3.14. The lowest BCUT2D eigenvalue weighted by molar-refractivity contribution is -0.130. The average molecular weight is 417 g/mol. The van der Waals surface area contributed by atoms with Gasteiger partial charge in [-0.3, -0.25) is 9.59 Å². The van der Waals surface area contributed by atoms with E-state index in [-0.39, 0.29) is 24.9 Å². The lowest BCUT2D eigenvalue weighted by Gasteiger charge is -2.20. The van der Waals surface area contributed by atoms with E-state index in [2.05, 4.69) is 23.5 Å². The van der Waals surface area contributed by atoms with Crippen molar-refractivity contribution in [3.63, 3.8) is 0 Å². The Hall–Kier alpha value is -3.67. The first-order chi connectivity index (χ1) is 15.1. The van der Waals surface area contributed by atoms with Gasteiger partial charge in [0.15, 0.2) is 0 Å². The van der Waals surface area contributed by atoms with E-state index < -0.39 is 0 Å². The topological polar surface area (TPSA) is 67.2 Å². The maximum absolute atomic E-state index is 12.9. The number of nitrogens with zero attached hydrogens (tertiary/aromatic N) is 3. The Balaban J connectivity index is 1.71. The Morgan fingerprint density at radius 3 is 2.39 bits per heavy atom. The molecule has 0 saturated heterocycles. The van der Waals surface area contributed by atoms with Crippen LogP contribution in [0.1, 0.15) is 17.8 Å². The van der Waals surface area contributed by atoms with Gasteiger partial charge in [0.05, 0.1) is 17.6 Å². The van der Waals surface area contributed by atoms with Crippen molar-refractivity contribution in [3.8, 4) is 0 Å². The number of imidazole rings is 1. The summed E-state index contributed by atoms with van der Waals surface area (Å²) >= 11 is 0. The summed E-state index contributed by atoms with van der Waals surface area (Å²) in [5, 5.41) is 2.94. The van der Waals surface area contributed by atoms with Crippen molar-refractivity contribution in [3.05, 3.63) is 91.3 Å². The molecule has 0 spiro atoms. The third-order valence-corrected chi connectivity index (χ3v) is 5.01. The van der Waals surface area contributed by atoms with Crippen LogP contribution in [0.2, 0.25) is 0 Å². The first-order valence-corrected chi connectivity index (χ1v) is 10.4. The number of nitrogens with one attached hydrogen (secondary N) is 1. The summed E-state index contributed by atoms with van der Waals surface area (Å²) in [6, 6.07) is 17.6. The largest absolute Gasteiger partial charge is 0.349 e. The lowest BCUT2D eigenvalue weighted by Crippen LogP contribution is -2.35. The summed E-state index contributed by atoms with van der Waals surface area (Å²) in [7, 11) is 0. The SMILES string of the molecule is C=CCN(CC=C)C(=O)Cn1c(CNC(=O)CCc2ccccc2)nc2ccccc21. The molecule has 6 nitrogen and oxygen atoms in total. The molecule has 0 aliphatic heterocycles. The molecule has 31 heavy (non-hydrogen) atoms. The zero-order valence-electron chi connectivity index (χ0n) is 17.7. The Labute approximate surface area is 182 Å². The predicted octanol–water partition coefficient (Wildman–Crippen LogP) is 3.49. The number of para-hydroxylation sites is 2. The van der Waals surface area contributed by atoms with Crippen molar-refractivity contribution in [2.24, 2.45) is 0 Å². The second kappa shape index (κ2) is 10.9. The van der Waals surface area contributed by atoms with Crippen LogP contribution in [-0.4, -0.2) is 39.4 Å². The molecular formula is C25H28N4O2. The first kappa shape index (κ1) is 22.0. The van der Waals surface area contributed by atoms with E-state index in [0.29, 0.717) is 31.8 Å². The highest BCUT2D eigenvalue weighted by Gasteiger charge is 2.17. The molecule has 1 N–H and O–H groups in total. The fourth-order valence-electron chi connectivity index (χ4n) is 3.43. The minimum Gasteiger partial charge on any atom is -0.349 e. The molecule has 3 aromatic rings. The molecular weight excluding hydrogens is 388 g/mol. The molecule has 1 aromatic heterocycles. The minimum atomic E-state index is -0.0559. The number of carbonyl (C=O) groups is 2. The normalized spacial score (nSPS) is 10.6. The van der Waals surface area contributed by atoms with Crippen LogP contribution < -0.4 is 5.32 Å². The molecule has 1 heterocycles. The van der Waals surface area contributed by atoms with Gasteiger partial charge in [-0.05, 0) is 24.1 Å². The van der Waals surface area contributed by atoms with Gasteiger partial charge >= 0.3 is 0 Å². The number of aromatic nitrogens is 2. The third-order valence-electron chi connectivity index (χ3n) is 5.01. The van der Waals surface area contributed by atoms with Crippen molar-refractivity contribution >= 4 is 22.8 Å². The third kappa shape index (κ3) is 5.92. The molecule has 0 atom stereocenters. The van der Waals surface area contributed by atoms with Crippen LogP contribution in [0.5, 0.6) is 0 Å². The Bertz CT molecular complexity index is 1050. The van der Waals surface area contributed by atoms with E-state index >= 15 is 0 Å². The number of rotatable bonds is 11. The van der Waals surface area contributed by atoms with Crippen LogP contribution >= 0.6 is 0 Å². The maximum atomic E-state index is 12.9. The van der Waals surface area contributed by atoms with Crippen molar-refractivity contribution in [2.45, 2.75) is 25.9 Å². The van der Waals surface area contributed by atoms with Crippen LogP contribution in [0.25, 0.3) is 11.0 Å². The molecule has 0 saturated carbocycles. The number of fused-ring (bicyclic) bond motifs is 1. The molecule has 3 rings (SSSR count). The van der Waals surface area contributed by atoms with Gasteiger partial charge in [-0.15, -0.1) is 13.2 Å². The maximum Gasteiger partial charge on any atom is 0.243 e. The fourth-order valence-corrected chi connectivity index (χ4v) is 3.43. The zero-order valence-corrected chi connectivity index (χ0v) is 17.7. The summed E-state index contributed by atoms with van der Waals surface area (Å²) < 4.78 is 1.87. The zero-order chi connectivity index (χ0) is 22.1. The van der Waals surface area contributed by atoms with Gasteiger partial charge in [0.2, 0.25) is 11.8 Å². The summed E-state index contributed by atoms with van der Waals surface area (Å²) in [5.41, 5.74) is 2.78.